The number of benzene rings is 1. The van der Waals surface area contributed by atoms with Crippen LogP contribution in [0, 0.1) is 0 Å². The van der Waals surface area contributed by atoms with Crippen LogP contribution in [0.5, 0.6) is 17.2 Å². The van der Waals surface area contributed by atoms with Gasteiger partial charge in [0, 0.05) is 19.2 Å². The van der Waals surface area contributed by atoms with Crippen molar-refractivity contribution < 1.29 is 25.2 Å². The Bertz CT molecular complexity index is 395. The molecule has 6 nitrogen and oxygen atoms in total. The van der Waals surface area contributed by atoms with Gasteiger partial charge < -0.3 is 25.3 Å². The number of carbonyl (C=O) groups is 1. The molecule has 16 heavy (non-hydrogen) atoms. The van der Waals surface area contributed by atoms with E-state index in [0.717, 1.165) is 12.1 Å². The monoisotopic (exact) mass is 227 g/mol. The Labute approximate surface area is 92.0 Å². The highest BCUT2D eigenvalue weighted by Gasteiger charge is 2.22. The quantitative estimate of drug-likeness (QED) is 0.606. The van der Waals surface area contributed by atoms with Crippen LogP contribution in [0.3, 0.4) is 0 Å². The third-order valence-electron chi connectivity index (χ3n) is 2.35. The fraction of sp³-hybridized carbons (Fsp3) is 0.300. The van der Waals surface area contributed by atoms with Crippen LogP contribution in [-0.4, -0.2) is 39.5 Å². The molecule has 0 heterocycles. The summed E-state index contributed by atoms with van der Waals surface area (Å²) in [6.45, 7) is 1.41. The Morgan fingerprint density at radius 3 is 2.06 bits per heavy atom. The van der Waals surface area contributed by atoms with Crippen LogP contribution in [0.25, 0.3) is 0 Å². The summed E-state index contributed by atoms with van der Waals surface area (Å²) in [6.07, 6.45) is 0. The van der Waals surface area contributed by atoms with E-state index in [9.17, 15) is 15.0 Å². The Balaban J connectivity index is 3.18. The highest BCUT2D eigenvalue weighted by atomic mass is 16.4. The Kier molecular flexibility index (Phi) is 3.12. The first-order chi connectivity index (χ1) is 7.34. The second kappa shape index (κ2) is 4.18. The molecule has 0 fully saturated rings. The van der Waals surface area contributed by atoms with Gasteiger partial charge in [0.05, 0.1) is 0 Å². The lowest BCUT2D eigenvalue weighted by atomic mass is 10.2. The predicted molar refractivity (Wildman–Crippen MR) is 56.9 cm³/mol. The molecule has 1 rings (SSSR count). The van der Waals surface area contributed by atoms with Crippen LogP contribution in [0.15, 0.2) is 12.1 Å². The summed E-state index contributed by atoms with van der Waals surface area (Å²) in [5.74, 6) is -2.15. The van der Waals surface area contributed by atoms with Gasteiger partial charge in [0.25, 0.3) is 0 Å². The number of hydrogen-bond donors (Lipinski definition) is 4. The first-order valence-electron chi connectivity index (χ1n) is 4.55. The van der Waals surface area contributed by atoms with Gasteiger partial charge in [-0.15, -0.1) is 0 Å². The summed E-state index contributed by atoms with van der Waals surface area (Å²) in [4.78, 5) is 12.0. The number of phenols is 3. The molecular weight excluding hydrogens is 214 g/mol. The van der Waals surface area contributed by atoms with Gasteiger partial charge in [0.1, 0.15) is 29.0 Å². The number of anilines is 1. The SMILES string of the molecule is C[C@@H](C(=O)O)N(C)c1c(O)cc(O)cc1O. The molecule has 88 valence electrons. The van der Waals surface area contributed by atoms with Crippen LogP contribution < -0.4 is 4.90 Å². The van der Waals surface area contributed by atoms with E-state index in [1.807, 2.05) is 0 Å². The van der Waals surface area contributed by atoms with Crippen molar-refractivity contribution in [1.29, 1.82) is 0 Å². The van der Waals surface area contributed by atoms with Crippen molar-refractivity contribution in [2.75, 3.05) is 11.9 Å². The van der Waals surface area contributed by atoms with E-state index in [-0.39, 0.29) is 22.9 Å². The van der Waals surface area contributed by atoms with Gasteiger partial charge in [0.2, 0.25) is 0 Å². The maximum absolute atomic E-state index is 10.7. The minimum atomic E-state index is -1.09. The van der Waals surface area contributed by atoms with Crippen molar-refractivity contribution in [3.8, 4) is 17.2 Å². The van der Waals surface area contributed by atoms with Crippen LogP contribution in [0.2, 0.25) is 0 Å². The van der Waals surface area contributed by atoms with E-state index in [0.29, 0.717) is 0 Å². The van der Waals surface area contributed by atoms with Crippen LogP contribution in [-0.2, 0) is 4.79 Å². The summed E-state index contributed by atoms with van der Waals surface area (Å²) < 4.78 is 0. The van der Waals surface area contributed by atoms with E-state index >= 15 is 0 Å². The van der Waals surface area contributed by atoms with E-state index in [1.165, 1.54) is 18.9 Å². The molecule has 0 aliphatic carbocycles. The largest absolute Gasteiger partial charge is 0.508 e. The Morgan fingerprint density at radius 2 is 1.69 bits per heavy atom. The number of nitrogens with zero attached hydrogens (tertiary/aromatic N) is 1. The zero-order valence-corrected chi connectivity index (χ0v) is 8.88. The lowest BCUT2D eigenvalue weighted by molar-refractivity contribution is -0.138. The highest BCUT2D eigenvalue weighted by Crippen LogP contribution is 2.39. The molecule has 0 aliphatic rings. The smallest absolute Gasteiger partial charge is 0.326 e. The van der Waals surface area contributed by atoms with Gasteiger partial charge in [-0.05, 0) is 6.92 Å². The van der Waals surface area contributed by atoms with E-state index in [1.54, 1.807) is 0 Å². The third-order valence-corrected chi connectivity index (χ3v) is 2.35. The number of hydrogen-bond acceptors (Lipinski definition) is 5. The number of carboxylic acids is 1. The van der Waals surface area contributed by atoms with Gasteiger partial charge >= 0.3 is 5.97 Å². The molecule has 0 aliphatic heterocycles. The molecular formula is C10H13NO5. The normalized spacial score (nSPS) is 12.1. The summed E-state index contributed by atoms with van der Waals surface area (Å²) in [5.41, 5.74) is -0.0345. The van der Waals surface area contributed by atoms with Gasteiger partial charge in [0.15, 0.2) is 0 Å². The molecule has 4 N–H and O–H groups in total. The molecule has 0 radical (unpaired) electrons. The summed E-state index contributed by atoms with van der Waals surface area (Å²) >= 11 is 0. The molecule has 1 aromatic carbocycles. The molecule has 0 spiro atoms. The van der Waals surface area contributed by atoms with Gasteiger partial charge in [-0.1, -0.05) is 0 Å². The summed E-state index contributed by atoms with van der Waals surface area (Å²) in [5, 5.41) is 36.9. The number of carboxylic acid groups (broad SMARTS) is 1. The molecule has 0 amide bonds. The molecule has 1 atom stereocenters. The van der Waals surface area contributed by atoms with Gasteiger partial charge in [-0.2, -0.15) is 0 Å². The van der Waals surface area contributed by atoms with Crippen LogP contribution >= 0.6 is 0 Å². The first kappa shape index (κ1) is 12.0. The average molecular weight is 227 g/mol. The standard InChI is InChI=1S/C10H13NO5/c1-5(10(15)16)11(2)9-7(13)3-6(12)4-8(9)14/h3-5,12-14H,1-2H3,(H,15,16)/t5-/m0/s1. The number of phenolic OH excluding ortho intramolecular Hbond substituents is 3. The second-order valence-electron chi connectivity index (χ2n) is 3.46. The molecule has 0 aromatic heterocycles. The number of rotatable bonds is 3. The number of aliphatic carboxylic acids is 1. The molecule has 0 unspecified atom stereocenters. The number of aromatic hydroxyl groups is 3. The third kappa shape index (κ3) is 2.10. The van der Waals surface area contributed by atoms with Crippen molar-refractivity contribution in [3.05, 3.63) is 12.1 Å². The minimum Gasteiger partial charge on any atom is -0.508 e. The predicted octanol–water partition coefficient (Wildman–Crippen LogP) is 0.713. The van der Waals surface area contributed by atoms with Crippen LogP contribution in [0.1, 0.15) is 6.92 Å². The van der Waals surface area contributed by atoms with Crippen molar-refractivity contribution >= 4 is 11.7 Å². The van der Waals surface area contributed by atoms with Crippen molar-refractivity contribution in [2.24, 2.45) is 0 Å². The van der Waals surface area contributed by atoms with E-state index in [2.05, 4.69) is 0 Å². The van der Waals surface area contributed by atoms with Crippen molar-refractivity contribution in [3.63, 3.8) is 0 Å². The maximum Gasteiger partial charge on any atom is 0.326 e. The van der Waals surface area contributed by atoms with Crippen molar-refractivity contribution in [1.82, 2.24) is 0 Å². The summed E-state index contributed by atoms with van der Waals surface area (Å²) in [7, 11) is 1.42. The minimum absolute atomic E-state index is 0.0345. The molecule has 0 saturated heterocycles. The number of likely N-dealkylation sites (N-methyl/N-ethyl adjacent to an activating group) is 1. The molecule has 1 aromatic rings. The fourth-order valence-electron chi connectivity index (χ4n) is 1.31. The zero-order chi connectivity index (χ0) is 12.5. The average Bonchev–Trinajstić information content (AvgIpc) is 2.14. The van der Waals surface area contributed by atoms with Crippen molar-refractivity contribution in [2.45, 2.75) is 13.0 Å². The highest BCUT2D eigenvalue weighted by molar-refractivity contribution is 5.80. The maximum atomic E-state index is 10.7. The van der Waals surface area contributed by atoms with Crippen LogP contribution in [0.4, 0.5) is 5.69 Å². The summed E-state index contributed by atoms with van der Waals surface area (Å²) in [6, 6.07) is 1.14. The topological polar surface area (TPSA) is 101 Å². The molecule has 0 bridgehead atoms. The van der Waals surface area contributed by atoms with Gasteiger partial charge in [-0.25, -0.2) is 4.79 Å². The lowest BCUT2D eigenvalue weighted by Gasteiger charge is -2.25. The lowest BCUT2D eigenvalue weighted by Crippen LogP contribution is -2.35. The molecule has 6 heteroatoms. The Hall–Kier alpha value is -2.11. The Morgan fingerprint density at radius 1 is 1.25 bits per heavy atom. The molecule has 0 saturated carbocycles. The van der Waals surface area contributed by atoms with Gasteiger partial charge in [-0.3, -0.25) is 0 Å². The second-order valence-corrected chi connectivity index (χ2v) is 3.46. The first-order valence-corrected chi connectivity index (χ1v) is 4.55. The zero-order valence-electron chi connectivity index (χ0n) is 8.88. The fourth-order valence-corrected chi connectivity index (χ4v) is 1.31. The van der Waals surface area contributed by atoms with E-state index in [4.69, 9.17) is 10.2 Å². The van der Waals surface area contributed by atoms with E-state index < -0.39 is 12.0 Å².